The molecule has 406 valence electrons. The van der Waals surface area contributed by atoms with Crippen LogP contribution in [-0.4, -0.2) is 89.0 Å². The van der Waals surface area contributed by atoms with Crippen molar-refractivity contribution in [2.75, 3.05) is 45.8 Å². The molecule has 0 spiro atoms. The molecule has 6 nitrogen and oxygen atoms in total. The normalized spacial score (nSPS) is 15.6. The third kappa shape index (κ3) is 41.9. The van der Waals surface area contributed by atoms with Gasteiger partial charge < -0.3 is 20.0 Å². The van der Waals surface area contributed by atoms with Gasteiger partial charge in [0.05, 0.1) is 6.10 Å². The molecule has 0 aromatic rings. The topological polar surface area (TPSA) is 67.2 Å². The summed E-state index contributed by atoms with van der Waals surface area (Å²) < 4.78 is 0. The zero-order valence-corrected chi connectivity index (χ0v) is 47.1. The molecule has 2 N–H and O–H groups in total. The number of carbonyl (C=O) groups is 1. The van der Waals surface area contributed by atoms with E-state index in [2.05, 4.69) is 42.4 Å². The number of nitrogens with zero attached hydrogens (tertiary/aromatic N) is 3. The number of hydrogen-bond acceptors (Lipinski definition) is 5. The van der Waals surface area contributed by atoms with Crippen molar-refractivity contribution < 1.29 is 15.0 Å². The Balaban J connectivity index is 2.43. The number of aliphatic hydroxyl groups is 2. The van der Waals surface area contributed by atoms with Gasteiger partial charge in [-0.1, -0.05) is 246 Å². The van der Waals surface area contributed by atoms with E-state index in [4.69, 9.17) is 0 Å². The minimum Gasteiger partial charge on any atom is -0.393 e. The predicted molar refractivity (Wildman–Crippen MR) is 300 cm³/mol. The first-order valence-electron chi connectivity index (χ1n) is 31.5. The van der Waals surface area contributed by atoms with Gasteiger partial charge in [-0.3, -0.25) is 9.69 Å². The van der Waals surface area contributed by atoms with Gasteiger partial charge in [0, 0.05) is 39.1 Å². The molecule has 1 aliphatic rings. The molecule has 0 heterocycles. The average Bonchev–Trinajstić information content (AvgIpc) is 3.76. The fraction of sp³-hybridized carbons (Fsp3) is 0.984. The van der Waals surface area contributed by atoms with Crippen LogP contribution in [-0.2, 0) is 4.79 Å². The Morgan fingerprint density at radius 1 is 0.412 bits per heavy atom. The van der Waals surface area contributed by atoms with Gasteiger partial charge in [-0.2, -0.15) is 0 Å². The molecule has 1 saturated carbocycles. The van der Waals surface area contributed by atoms with Gasteiger partial charge >= 0.3 is 0 Å². The van der Waals surface area contributed by atoms with Crippen molar-refractivity contribution in [3.63, 3.8) is 0 Å². The van der Waals surface area contributed by atoms with Gasteiger partial charge in [0.15, 0.2) is 0 Å². The number of aliphatic hydroxyl groups excluding tert-OH is 2. The van der Waals surface area contributed by atoms with E-state index >= 15 is 0 Å². The number of unbranched alkanes of at least 4 members (excludes halogenated alkanes) is 36. The van der Waals surface area contributed by atoms with Crippen LogP contribution in [0.4, 0.5) is 0 Å². The summed E-state index contributed by atoms with van der Waals surface area (Å²) in [5, 5.41) is 21.6. The molecule has 0 bridgehead atoms. The standard InChI is InChI=1S/C62H125N3O3/c1-5-9-13-17-21-25-35-43-53-64(54-44-36-26-22-18-14-10-6-2)61(67)47-39-31-29-33-41-51-63(58-59-49-50-60(66)57-59)52-42-34-30-32-40-48-62(68)65(55-45-37-27-23-19-15-11-7-3)56-46-38-28-24-20-16-12-8-4/h59-61,66-67H,5-58H2,1-4H3/t59-,60-,61?/m0/s1. The van der Waals surface area contributed by atoms with E-state index < -0.39 is 0 Å². The Morgan fingerprint density at radius 2 is 0.735 bits per heavy atom. The Hall–Kier alpha value is -0.690. The molecule has 3 atom stereocenters. The molecular weight excluding hydrogens is 835 g/mol. The molecule has 6 heteroatoms. The van der Waals surface area contributed by atoms with Crippen LogP contribution in [0, 0.1) is 5.92 Å². The monoisotopic (exact) mass is 960 g/mol. The molecule has 1 fully saturated rings. The first-order chi connectivity index (χ1) is 33.4. The third-order valence-electron chi connectivity index (χ3n) is 15.8. The molecule has 1 amide bonds. The van der Waals surface area contributed by atoms with Crippen molar-refractivity contribution in [1.82, 2.24) is 14.7 Å². The Morgan fingerprint density at radius 3 is 1.10 bits per heavy atom. The highest BCUT2D eigenvalue weighted by Gasteiger charge is 2.24. The maximum atomic E-state index is 13.5. The van der Waals surface area contributed by atoms with Crippen molar-refractivity contribution in [2.45, 2.75) is 342 Å². The lowest BCUT2D eigenvalue weighted by Crippen LogP contribution is -2.36. The highest BCUT2D eigenvalue weighted by atomic mass is 16.3. The second-order valence-electron chi connectivity index (χ2n) is 22.5. The highest BCUT2D eigenvalue weighted by Crippen LogP contribution is 2.27. The van der Waals surface area contributed by atoms with Crippen molar-refractivity contribution in [2.24, 2.45) is 5.92 Å². The first kappa shape index (κ1) is 65.3. The fourth-order valence-electron chi connectivity index (χ4n) is 11.1. The van der Waals surface area contributed by atoms with Crippen LogP contribution < -0.4 is 0 Å². The molecule has 0 radical (unpaired) electrons. The minimum atomic E-state index is -0.273. The van der Waals surface area contributed by atoms with E-state index in [1.807, 2.05) is 0 Å². The van der Waals surface area contributed by atoms with Crippen molar-refractivity contribution in [3.8, 4) is 0 Å². The molecule has 0 aliphatic heterocycles. The van der Waals surface area contributed by atoms with E-state index in [1.54, 1.807) is 0 Å². The molecule has 1 aliphatic carbocycles. The fourth-order valence-corrected chi connectivity index (χ4v) is 11.1. The van der Waals surface area contributed by atoms with Crippen molar-refractivity contribution >= 4 is 5.91 Å². The number of hydrogen-bond donors (Lipinski definition) is 2. The minimum absolute atomic E-state index is 0.0898. The zero-order chi connectivity index (χ0) is 49.2. The van der Waals surface area contributed by atoms with E-state index in [1.165, 1.54) is 276 Å². The predicted octanol–water partition coefficient (Wildman–Crippen LogP) is 18.1. The number of amides is 1. The van der Waals surface area contributed by atoms with Gasteiger partial charge in [0.2, 0.25) is 5.91 Å². The lowest BCUT2D eigenvalue weighted by atomic mass is 10.0. The molecule has 0 aromatic carbocycles. The van der Waals surface area contributed by atoms with Gasteiger partial charge in [0.1, 0.15) is 6.23 Å². The average molecular weight is 961 g/mol. The van der Waals surface area contributed by atoms with E-state index in [-0.39, 0.29) is 12.3 Å². The maximum Gasteiger partial charge on any atom is 0.222 e. The summed E-state index contributed by atoms with van der Waals surface area (Å²) >= 11 is 0. The van der Waals surface area contributed by atoms with Crippen LogP contribution >= 0.6 is 0 Å². The van der Waals surface area contributed by atoms with Gasteiger partial charge in [-0.25, -0.2) is 0 Å². The third-order valence-corrected chi connectivity index (χ3v) is 15.8. The number of rotatable bonds is 55. The van der Waals surface area contributed by atoms with Crippen LogP contribution in [0.5, 0.6) is 0 Å². The summed E-state index contributed by atoms with van der Waals surface area (Å²) in [5.74, 6) is 1.07. The lowest BCUT2D eigenvalue weighted by Gasteiger charge is -2.28. The summed E-state index contributed by atoms with van der Waals surface area (Å²) in [6.45, 7) is 16.8. The van der Waals surface area contributed by atoms with Gasteiger partial charge in [0.25, 0.3) is 0 Å². The second kappa shape index (κ2) is 51.2. The van der Waals surface area contributed by atoms with Gasteiger partial charge in [-0.05, 0) is 96.1 Å². The largest absolute Gasteiger partial charge is 0.393 e. The SMILES string of the molecule is CCCCCCCCCCN(CCCCCCCCCC)C(=O)CCCCCCCN(CCCCCCCC(O)N(CCCCCCCCCC)CCCCCCCCCC)C[C@H]1CC[C@H](O)C1. The Kier molecular flexibility index (Phi) is 49.2. The Bertz CT molecular complexity index is 972. The van der Waals surface area contributed by atoms with Crippen molar-refractivity contribution in [1.29, 1.82) is 0 Å². The number of carbonyl (C=O) groups excluding carboxylic acids is 1. The zero-order valence-electron chi connectivity index (χ0n) is 47.1. The summed E-state index contributed by atoms with van der Waals surface area (Å²) in [4.78, 5) is 20.9. The Labute approximate surface area is 427 Å². The van der Waals surface area contributed by atoms with Gasteiger partial charge in [-0.15, -0.1) is 0 Å². The summed E-state index contributed by atoms with van der Waals surface area (Å²) in [6, 6.07) is 0. The van der Waals surface area contributed by atoms with Crippen LogP contribution in [0.25, 0.3) is 0 Å². The van der Waals surface area contributed by atoms with E-state index in [0.29, 0.717) is 11.8 Å². The van der Waals surface area contributed by atoms with E-state index in [0.717, 1.165) is 71.2 Å². The molecule has 68 heavy (non-hydrogen) atoms. The van der Waals surface area contributed by atoms with Crippen LogP contribution in [0.15, 0.2) is 0 Å². The molecular formula is C62H125N3O3. The quantitative estimate of drug-likeness (QED) is 0.0470. The van der Waals surface area contributed by atoms with Crippen LogP contribution in [0.2, 0.25) is 0 Å². The molecule has 0 aromatic heterocycles. The summed E-state index contributed by atoms with van der Waals surface area (Å²) in [5.41, 5.74) is 0. The van der Waals surface area contributed by atoms with Crippen molar-refractivity contribution in [3.05, 3.63) is 0 Å². The van der Waals surface area contributed by atoms with E-state index in [9.17, 15) is 15.0 Å². The molecule has 0 saturated heterocycles. The maximum absolute atomic E-state index is 13.5. The lowest BCUT2D eigenvalue weighted by molar-refractivity contribution is -0.131. The smallest absolute Gasteiger partial charge is 0.222 e. The van der Waals surface area contributed by atoms with Crippen LogP contribution in [0.3, 0.4) is 0 Å². The summed E-state index contributed by atoms with van der Waals surface area (Å²) in [6.07, 6.45) is 59.3. The first-order valence-corrected chi connectivity index (χ1v) is 31.5. The molecule has 1 unspecified atom stereocenters. The molecule has 1 rings (SSSR count). The highest BCUT2D eigenvalue weighted by molar-refractivity contribution is 5.76. The summed E-state index contributed by atoms with van der Waals surface area (Å²) in [7, 11) is 0. The second-order valence-corrected chi connectivity index (χ2v) is 22.5. The van der Waals surface area contributed by atoms with Crippen LogP contribution in [0.1, 0.15) is 329 Å².